The van der Waals surface area contributed by atoms with Crippen molar-refractivity contribution in [3.63, 3.8) is 0 Å². The molecular weight excluding hydrogens is 284 g/mol. The zero-order chi connectivity index (χ0) is 14.7. The molecule has 3 nitrogen and oxygen atoms in total. The van der Waals surface area contributed by atoms with Gasteiger partial charge in [-0.25, -0.2) is 0 Å². The molecule has 110 valence electrons. The number of methoxy groups -OCH3 is 2. The van der Waals surface area contributed by atoms with E-state index in [9.17, 15) is 0 Å². The first-order valence-electron chi connectivity index (χ1n) is 6.81. The van der Waals surface area contributed by atoms with Gasteiger partial charge in [0.15, 0.2) is 0 Å². The number of hydrogen-bond acceptors (Lipinski definition) is 4. The van der Waals surface area contributed by atoms with Gasteiger partial charge in [0.05, 0.1) is 32.2 Å². The van der Waals surface area contributed by atoms with E-state index >= 15 is 0 Å². The molecule has 0 atom stereocenters. The Morgan fingerprint density at radius 2 is 1.38 bits per heavy atom. The minimum atomic E-state index is 0.000853. The van der Waals surface area contributed by atoms with Gasteiger partial charge in [-0.2, -0.15) is 0 Å². The molecule has 2 aromatic carbocycles. The fourth-order valence-corrected chi connectivity index (χ4v) is 3.60. The molecule has 0 aromatic heterocycles. The Kier molecular flexibility index (Phi) is 4.08. The summed E-state index contributed by atoms with van der Waals surface area (Å²) in [6.45, 7) is 1.46. The number of hydrogen-bond donors (Lipinski definition) is 0. The van der Waals surface area contributed by atoms with Gasteiger partial charge in [0.2, 0.25) is 0 Å². The van der Waals surface area contributed by atoms with Gasteiger partial charge in [-0.15, -0.1) is 11.8 Å². The Balaban J connectivity index is 1.81. The molecule has 3 rings (SSSR count). The van der Waals surface area contributed by atoms with Crippen molar-refractivity contribution < 1.29 is 14.2 Å². The molecule has 4 heteroatoms. The molecule has 1 saturated heterocycles. The summed E-state index contributed by atoms with van der Waals surface area (Å²) in [4.78, 5) is 1.22. The maximum Gasteiger partial charge on any atom is 0.118 e. The van der Waals surface area contributed by atoms with E-state index in [0.717, 1.165) is 24.7 Å². The van der Waals surface area contributed by atoms with Crippen molar-refractivity contribution in [1.29, 1.82) is 0 Å². The highest BCUT2D eigenvalue weighted by Crippen LogP contribution is 2.47. The Morgan fingerprint density at radius 1 is 0.857 bits per heavy atom. The lowest BCUT2D eigenvalue weighted by molar-refractivity contribution is -0.0108. The first-order valence-corrected chi connectivity index (χ1v) is 7.63. The number of benzene rings is 2. The summed E-state index contributed by atoms with van der Waals surface area (Å²) in [5.74, 6) is 1.76. The summed E-state index contributed by atoms with van der Waals surface area (Å²) in [7, 11) is 3.37. The lowest BCUT2D eigenvalue weighted by atomic mass is 9.96. The number of thioether (sulfide) groups is 1. The summed E-state index contributed by atoms with van der Waals surface area (Å²) in [5, 5.41) is 0. The largest absolute Gasteiger partial charge is 0.497 e. The van der Waals surface area contributed by atoms with Crippen LogP contribution in [0, 0.1) is 0 Å². The molecule has 1 aliphatic rings. The van der Waals surface area contributed by atoms with Gasteiger partial charge in [-0.3, -0.25) is 0 Å². The van der Waals surface area contributed by atoms with Crippen LogP contribution in [0.15, 0.2) is 53.4 Å². The van der Waals surface area contributed by atoms with Crippen molar-refractivity contribution in [3.8, 4) is 11.5 Å². The predicted molar refractivity (Wildman–Crippen MR) is 84.3 cm³/mol. The standard InChI is InChI=1S/C17H18O3S/c1-18-14-5-3-13(4-6-14)17(11-20-12-17)21-16-9-7-15(19-2)8-10-16/h3-10H,11-12H2,1-2H3. The number of ether oxygens (including phenoxy) is 3. The zero-order valence-corrected chi connectivity index (χ0v) is 13.0. The molecule has 2 aromatic rings. The molecule has 0 spiro atoms. The minimum Gasteiger partial charge on any atom is -0.497 e. The van der Waals surface area contributed by atoms with Crippen molar-refractivity contribution in [1.82, 2.24) is 0 Å². The molecule has 0 saturated carbocycles. The fourth-order valence-electron chi connectivity index (χ4n) is 2.34. The highest BCUT2D eigenvalue weighted by molar-refractivity contribution is 8.00. The van der Waals surface area contributed by atoms with E-state index in [1.54, 1.807) is 14.2 Å². The SMILES string of the molecule is COc1ccc(SC2(c3ccc(OC)cc3)COC2)cc1. The molecule has 1 aliphatic heterocycles. The monoisotopic (exact) mass is 302 g/mol. The van der Waals surface area contributed by atoms with Crippen LogP contribution in [-0.2, 0) is 9.48 Å². The lowest BCUT2D eigenvalue weighted by Crippen LogP contribution is -2.43. The van der Waals surface area contributed by atoms with Gasteiger partial charge in [0.25, 0.3) is 0 Å². The lowest BCUT2D eigenvalue weighted by Gasteiger charge is -2.41. The Hall–Kier alpha value is -1.65. The first kappa shape index (κ1) is 14.3. The molecule has 0 radical (unpaired) electrons. The summed E-state index contributed by atoms with van der Waals surface area (Å²) >= 11 is 1.84. The van der Waals surface area contributed by atoms with Gasteiger partial charge in [-0.05, 0) is 42.0 Å². The molecule has 0 N–H and O–H groups in total. The molecule has 0 bridgehead atoms. The van der Waals surface area contributed by atoms with Crippen LogP contribution in [0.25, 0.3) is 0 Å². The second kappa shape index (κ2) is 6.00. The molecular formula is C17H18O3S. The van der Waals surface area contributed by atoms with Crippen molar-refractivity contribution in [3.05, 3.63) is 54.1 Å². The van der Waals surface area contributed by atoms with Crippen molar-refractivity contribution >= 4 is 11.8 Å². The Morgan fingerprint density at radius 3 is 1.81 bits per heavy atom. The average Bonchev–Trinajstić information content (AvgIpc) is 2.52. The molecule has 1 fully saturated rings. The van der Waals surface area contributed by atoms with E-state index in [1.807, 2.05) is 36.0 Å². The zero-order valence-electron chi connectivity index (χ0n) is 12.2. The smallest absolute Gasteiger partial charge is 0.118 e. The third-order valence-corrected chi connectivity index (χ3v) is 5.03. The summed E-state index contributed by atoms with van der Waals surface area (Å²) in [6.07, 6.45) is 0. The third kappa shape index (κ3) is 2.87. The van der Waals surface area contributed by atoms with Crippen LogP contribution >= 0.6 is 11.8 Å². The minimum absolute atomic E-state index is 0.000853. The summed E-state index contributed by atoms with van der Waals surface area (Å²) in [5.41, 5.74) is 1.27. The number of rotatable bonds is 5. The van der Waals surface area contributed by atoms with Crippen LogP contribution in [0.1, 0.15) is 5.56 Å². The topological polar surface area (TPSA) is 27.7 Å². The first-order chi connectivity index (χ1) is 10.3. The molecule has 0 aliphatic carbocycles. The Labute approximate surface area is 129 Å². The normalized spacial score (nSPS) is 16.1. The quantitative estimate of drug-likeness (QED) is 0.841. The fraction of sp³-hybridized carbons (Fsp3) is 0.294. The molecule has 0 unspecified atom stereocenters. The molecule has 0 amide bonds. The summed E-state index contributed by atoms with van der Waals surface area (Å²) < 4.78 is 15.9. The molecule has 21 heavy (non-hydrogen) atoms. The van der Waals surface area contributed by atoms with Crippen molar-refractivity contribution in [2.75, 3.05) is 27.4 Å². The predicted octanol–water partition coefficient (Wildman–Crippen LogP) is 3.72. The average molecular weight is 302 g/mol. The molecule has 1 heterocycles. The van der Waals surface area contributed by atoms with E-state index in [0.29, 0.717) is 0 Å². The van der Waals surface area contributed by atoms with Crippen LogP contribution in [-0.4, -0.2) is 27.4 Å². The van der Waals surface area contributed by atoms with Crippen molar-refractivity contribution in [2.45, 2.75) is 9.64 Å². The maximum atomic E-state index is 5.49. The van der Waals surface area contributed by atoms with Gasteiger partial charge in [-0.1, -0.05) is 12.1 Å². The van der Waals surface area contributed by atoms with E-state index in [4.69, 9.17) is 14.2 Å². The van der Waals surface area contributed by atoms with E-state index in [-0.39, 0.29) is 4.75 Å². The van der Waals surface area contributed by atoms with E-state index in [1.165, 1.54) is 10.5 Å². The second-order valence-corrected chi connectivity index (χ2v) is 6.45. The van der Waals surface area contributed by atoms with E-state index in [2.05, 4.69) is 24.3 Å². The highest BCUT2D eigenvalue weighted by atomic mass is 32.2. The van der Waals surface area contributed by atoms with Gasteiger partial charge in [0.1, 0.15) is 11.5 Å². The van der Waals surface area contributed by atoms with Crippen LogP contribution in [0.3, 0.4) is 0 Å². The van der Waals surface area contributed by atoms with Crippen LogP contribution < -0.4 is 9.47 Å². The van der Waals surface area contributed by atoms with Gasteiger partial charge < -0.3 is 14.2 Å². The van der Waals surface area contributed by atoms with Crippen LogP contribution in [0.4, 0.5) is 0 Å². The van der Waals surface area contributed by atoms with Crippen molar-refractivity contribution in [2.24, 2.45) is 0 Å². The van der Waals surface area contributed by atoms with Crippen LogP contribution in [0.2, 0.25) is 0 Å². The van der Waals surface area contributed by atoms with E-state index < -0.39 is 0 Å². The maximum absolute atomic E-state index is 5.49. The summed E-state index contributed by atoms with van der Waals surface area (Å²) in [6, 6.07) is 16.4. The van der Waals surface area contributed by atoms with Crippen LogP contribution in [0.5, 0.6) is 11.5 Å². The third-order valence-electron chi connectivity index (χ3n) is 3.66. The highest BCUT2D eigenvalue weighted by Gasteiger charge is 2.41. The van der Waals surface area contributed by atoms with Gasteiger partial charge in [0, 0.05) is 4.90 Å². The second-order valence-electron chi connectivity index (χ2n) is 4.99. The van der Waals surface area contributed by atoms with Gasteiger partial charge >= 0.3 is 0 Å². The Bertz CT molecular complexity index is 588.